The van der Waals surface area contributed by atoms with Crippen molar-refractivity contribution in [3.05, 3.63) is 29.8 Å². The van der Waals surface area contributed by atoms with E-state index >= 15 is 0 Å². The van der Waals surface area contributed by atoms with Crippen molar-refractivity contribution in [2.75, 3.05) is 20.3 Å². The second-order valence-corrected chi connectivity index (χ2v) is 8.78. The first kappa shape index (κ1) is 26.8. The van der Waals surface area contributed by atoms with E-state index in [1.54, 1.807) is 7.11 Å². The minimum Gasteiger partial charge on any atom is -0.497 e. The first-order valence-electron chi connectivity index (χ1n) is 12.3. The Labute approximate surface area is 197 Å². The average molecular weight is 462 g/mol. The number of nitrogens with zero attached hydrogens (tertiary/aromatic N) is 1. The molecule has 1 atom stereocenters. The number of aliphatic hydroxyl groups excluding tert-OH is 1. The van der Waals surface area contributed by atoms with Gasteiger partial charge in [0.25, 0.3) is 5.91 Å². The maximum Gasteiger partial charge on any atom is 0.328 e. The van der Waals surface area contributed by atoms with Gasteiger partial charge in [-0.3, -0.25) is 9.59 Å². The van der Waals surface area contributed by atoms with Gasteiger partial charge in [-0.05, 0) is 75.5 Å². The zero-order chi connectivity index (χ0) is 23.9. The zero-order valence-electron chi connectivity index (χ0n) is 19.9. The van der Waals surface area contributed by atoms with Crippen LogP contribution in [0.1, 0.15) is 76.2 Å². The lowest BCUT2D eigenvalue weighted by Crippen LogP contribution is -2.49. The molecule has 3 rings (SSSR count). The van der Waals surface area contributed by atoms with Crippen LogP contribution in [0.15, 0.2) is 24.3 Å². The number of ether oxygens (including phenoxy) is 2. The molecule has 1 aliphatic heterocycles. The molecule has 0 radical (unpaired) electrons. The van der Waals surface area contributed by atoms with Gasteiger partial charge in [0.2, 0.25) is 6.29 Å². The molecule has 1 amide bonds. The molecular formula is C26H39NO6. The maximum atomic E-state index is 12.2. The fourth-order valence-electron chi connectivity index (χ4n) is 4.26. The summed E-state index contributed by atoms with van der Waals surface area (Å²) >= 11 is 0. The Morgan fingerprint density at radius 1 is 1.00 bits per heavy atom. The number of unbranched alkanes of at least 4 members (excludes halogenated alkanes) is 2. The molecule has 0 aromatic heterocycles. The van der Waals surface area contributed by atoms with Crippen molar-refractivity contribution in [1.29, 1.82) is 0 Å². The summed E-state index contributed by atoms with van der Waals surface area (Å²) in [5, 5.41) is 8.91. The van der Waals surface area contributed by atoms with E-state index in [1.165, 1.54) is 29.7 Å². The number of aliphatic hydroxyl groups is 1. The molecule has 2 fully saturated rings. The Balaban J connectivity index is 0.000000468. The summed E-state index contributed by atoms with van der Waals surface area (Å²) in [6.45, 7) is 0.792. The summed E-state index contributed by atoms with van der Waals surface area (Å²) < 4.78 is 10.5. The highest BCUT2D eigenvalue weighted by atomic mass is 16.5. The van der Waals surface area contributed by atoms with Crippen LogP contribution in [0.4, 0.5) is 0 Å². The molecule has 7 heteroatoms. The van der Waals surface area contributed by atoms with Crippen LogP contribution < -0.4 is 4.74 Å². The zero-order valence-corrected chi connectivity index (χ0v) is 19.9. The van der Waals surface area contributed by atoms with E-state index in [9.17, 15) is 14.4 Å². The SMILES string of the molecule is COc1ccc(CCCCCOC(=O)C2CCCCN2C(=O)C=O)cc1.OC1CCCCC1. The molecule has 33 heavy (non-hydrogen) atoms. The maximum absolute atomic E-state index is 12.2. The first-order chi connectivity index (χ1) is 16.0. The minimum atomic E-state index is -0.633. The van der Waals surface area contributed by atoms with Crippen LogP contribution in [0.5, 0.6) is 5.75 Å². The summed E-state index contributed by atoms with van der Waals surface area (Å²) in [5.74, 6) is -0.174. The number of benzene rings is 1. The Hall–Kier alpha value is -2.41. The number of aldehydes is 1. The van der Waals surface area contributed by atoms with Crippen LogP contribution in [-0.4, -0.2) is 60.6 Å². The van der Waals surface area contributed by atoms with Gasteiger partial charge in [-0.15, -0.1) is 0 Å². The largest absolute Gasteiger partial charge is 0.497 e. The minimum absolute atomic E-state index is 0.0359. The predicted molar refractivity (Wildman–Crippen MR) is 126 cm³/mol. The monoisotopic (exact) mass is 461 g/mol. The van der Waals surface area contributed by atoms with Crippen LogP contribution in [0, 0.1) is 0 Å². The van der Waals surface area contributed by atoms with Gasteiger partial charge in [-0.2, -0.15) is 0 Å². The van der Waals surface area contributed by atoms with Crippen LogP contribution in [-0.2, 0) is 25.5 Å². The average Bonchev–Trinajstić information content (AvgIpc) is 2.86. The number of hydrogen-bond donors (Lipinski definition) is 1. The third-order valence-corrected chi connectivity index (χ3v) is 6.25. The van der Waals surface area contributed by atoms with Crippen LogP contribution in [0.3, 0.4) is 0 Å². The Kier molecular flexibility index (Phi) is 12.6. The number of esters is 1. The second-order valence-electron chi connectivity index (χ2n) is 8.78. The number of hydrogen-bond acceptors (Lipinski definition) is 6. The lowest BCUT2D eigenvalue weighted by atomic mass is 9.98. The number of likely N-dealkylation sites (tertiary alicyclic amines) is 1. The van der Waals surface area contributed by atoms with E-state index in [0.717, 1.165) is 57.1 Å². The van der Waals surface area contributed by atoms with Crippen molar-refractivity contribution in [3.8, 4) is 5.75 Å². The van der Waals surface area contributed by atoms with E-state index in [-0.39, 0.29) is 12.4 Å². The normalized spacial score (nSPS) is 18.6. The molecule has 1 aromatic carbocycles. The van der Waals surface area contributed by atoms with Gasteiger partial charge in [0.15, 0.2) is 0 Å². The van der Waals surface area contributed by atoms with E-state index in [0.29, 0.717) is 19.6 Å². The Morgan fingerprint density at radius 2 is 1.70 bits per heavy atom. The van der Waals surface area contributed by atoms with Crippen molar-refractivity contribution in [2.45, 2.75) is 89.2 Å². The fraction of sp³-hybridized carbons (Fsp3) is 0.654. The van der Waals surface area contributed by atoms with Gasteiger partial charge in [0.1, 0.15) is 11.8 Å². The molecule has 184 valence electrons. The highest BCUT2D eigenvalue weighted by molar-refractivity contribution is 6.24. The van der Waals surface area contributed by atoms with E-state index in [2.05, 4.69) is 12.1 Å². The Morgan fingerprint density at radius 3 is 2.30 bits per heavy atom. The van der Waals surface area contributed by atoms with E-state index < -0.39 is 17.9 Å². The van der Waals surface area contributed by atoms with Crippen molar-refractivity contribution < 1.29 is 29.0 Å². The van der Waals surface area contributed by atoms with Crippen LogP contribution >= 0.6 is 0 Å². The number of rotatable bonds is 9. The first-order valence-corrected chi connectivity index (χ1v) is 12.3. The Bertz CT molecular complexity index is 714. The number of piperidine rings is 1. The lowest BCUT2D eigenvalue weighted by molar-refractivity contribution is -0.157. The number of aryl methyl sites for hydroxylation is 1. The van der Waals surface area contributed by atoms with Gasteiger partial charge in [0, 0.05) is 6.54 Å². The summed E-state index contributed by atoms with van der Waals surface area (Å²) in [5.41, 5.74) is 1.26. The molecule has 1 N–H and O–H groups in total. The predicted octanol–water partition coefficient (Wildman–Crippen LogP) is 3.84. The van der Waals surface area contributed by atoms with Crippen molar-refractivity contribution >= 4 is 18.2 Å². The molecule has 0 bridgehead atoms. The highest BCUT2D eigenvalue weighted by Gasteiger charge is 2.32. The quantitative estimate of drug-likeness (QED) is 0.260. The van der Waals surface area contributed by atoms with Gasteiger partial charge in [-0.25, -0.2) is 4.79 Å². The van der Waals surface area contributed by atoms with Gasteiger partial charge in [-0.1, -0.05) is 31.4 Å². The van der Waals surface area contributed by atoms with E-state index in [4.69, 9.17) is 14.6 Å². The smallest absolute Gasteiger partial charge is 0.328 e. The number of amides is 1. The number of methoxy groups -OCH3 is 1. The lowest BCUT2D eigenvalue weighted by Gasteiger charge is -2.32. The van der Waals surface area contributed by atoms with Gasteiger partial charge >= 0.3 is 5.97 Å². The molecule has 1 aromatic rings. The van der Waals surface area contributed by atoms with Crippen LogP contribution in [0.25, 0.3) is 0 Å². The molecule has 1 unspecified atom stereocenters. The highest BCUT2D eigenvalue weighted by Crippen LogP contribution is 2.19. The molecule has 1 saturated carbocycles. The molecule has 1 aliphatic carbocycles. The molecule has 1 saturated heterocycles. The second kappa shape index (κ2) is 15.4. The van der Waals surface area contributed by atoms with Gasteiger partial charge in [0.05, 0.1) is 19.8 Å². The van der Waals surface area contributed by atoms with E-state index in [1.807, 2.05) is 12.1 Å². The number of carbonyl (C=O) groups is 3. The van der Waals surface area contributed by atoms with Crippen molar-refractivity contribution in [1.82, 2.24) is 4.90 Å². The van der Waals surface area contributed by atoms with Crippen molar-refractivity contribution in [2.24, 2.45) is 0 Å². The molecule has 7 nitrogen and oxygen atoms in total. The third kappa shape index (κ3) is 9.95. The standard InChI is InChI=1S/C20H27NO5.C6H12O/c1-25-17-11-9-16(10-12-17)7-3-2-6-14-26-20(24)18-8-4-5-13-21(18)19(23)15-22;7-6-4-2-1-3-5-6/h9-12,15,18H,2-8,13-14H2,1H3;6-7H,1-5H2. The molecular weight excluding hydrogens is 422 g/mol. The summed E-state index contributed by atoms with van der Waals surface area (Å²) in [6.07, 6.45) is 12.2. The van der Waals surface area contributed by atoms with Crippen LogP contribution in [0.2, 0.25) is 0 Å². The summed E-state index contributed by atoms with van der Waals surface area (Å²) in [4.78, 5) is 35.9. The number of carbonyl (C=O) groups excluding carboxylic acids is 3. The molecule has 0 spiro atoms. The summed E-state index contributed by atoms with van der Waals surface area (Å²) in [7, 11) is 1.65. The molecule has 2 aliphatic rings. The summed E-state index contributed by atoms with van der Waals surface area (Å²) in [6, 6.07) is 7.41. The molecule has 1 heterocycles. The fourth-order valence-corrected chi connectivity index (χ4v) is 4.26. The topological polar surface area (TPSA) is 93.1 Å². The van der Waals surface area contributed by atoms with Crippen molar-refractivity contribution in [3.63, 3.8) is 0 Å². The van der Waals surface area contributed by atoms with Gasteiger partial charge < -0.3 is 19.5 Å². The third-order valence-electron chi connectivity index (χ3n) is 6.25.